The molecule has 0 radical (unpaired) electrons. The van der Waals surface area contributed by atoms with E-state index < -0.39 is 5.82 Å². The minimum Gasteiger partial charge on any atom is -0.398 e. The Kier molecular flexibility index (Phi) is 3.48. The van der Waals surface area contributed by atoms with Crippen molar-refractivity contribution in [2.75, 3.05) is 5.73 Å². The molecule has 0 aliphatic carbocycles. The van der Waals surface area contributed by atoms with Gasteiger partial charge in [-0.2, -0.15) is 4.68 Å². The molecule has 1 aromatic heterocycles. The number of nitrogen functional groups attached to an aromatic ring is 1. The largest absolute Gasteiger partial charge is 0.398 e. The molecule has 0 unspecified atom stereocenters. The van der Waals surface area contributed by atoms with Gasteiger partial charge in [0, 0.05) is 5.69 Å². The van der Waals surface area contributed by atoms with Crippen molar-refractivity contribution < 1.29 is 4.39 Å². The maximum atomic E-state index is 13.3. The quantitative estimate of drug-likeness (QED) is 0.734. The lowest BCUT2D eigenvalue weighted by atomic mass is 10.1. The summed E-state index contributed by atoms with van der Waals surface area (Å²) in [5, 5.41) is 11.8. The topological polar surface area (TPSA) is 69.6 Å². The van der Waals surface area contributed by atoms with Gasteiger partial charge in [0.25, 0.3) is 0 Å². The summed E-state index contributed by atoms with van der Waals surface area (Å²) >= 11 is 11.9. The maximum absolute atomic E-state index is 13.3. The van der Waals surface area contributed by atoms with Crippen LogP contribution in [0.1, 0.15) is 0 Å². The van der Waals surface area contributed by atoms with Crippen LogP contribution in [0, 0.1) is 5.82 Å². The van der Waals surface area contributed by atoms with Crippen molar-refractivity contribution in [3.63, 3.8) is 0 Å². The summed E-state index contributed by atoms with van der Waals surface area (Å²) in [6.45, 7) is 0. The fourth-order valence-electron chi connectivity index (χ4n) is 1.91. The monoisotopic (exact) mass is 323 g/mol. The summed E-state index contributed by atoms with van der Waals surface area (Å²) in [4.78, 5) is 0. The highest BCUT2D eigenvalue weighted by molar-refractivity contribution is 6.33. The summed E-state index contributed by atoms with van der Waals surface area (Å²) in [6, 6.07) is 9.27. The molecule has 2 N–H and O–H groups in total. The van der Waals surface area contributed by atoms with Crippen LogP contribution in [-0.2, 0) is 0 Å². The van der Waals surface area contributed by atoms with Crippen molar-refractivity contribution in [1.82, 2.24) is 20.2 Å². The molecule has 21 heavy (non-hydrogen) atoms. The van der Waals surface area contributed by atoms with Crippen molar-refractivity contribution in [2.24, 2.45) is 0 Å². The van der Waals surface area contributed by atoms with Gasteiger partial charge in [-0.3, -0.25) is 0 Å². The zero-order chi connectivity index (χ0) is 15.0. The van der Waals surface area contributed by atoms with E-state index in [0.717, 1.165) is 0 Å². The standard InChI is InChI=1S/C13H8Cl2FN5/c14-8-2-1-3-11(17)12(8)13-18-19-20-21(13)7-4-5-10(16)9(15)6-7/h1-6H,17H2. The van der Waals surface area contributed by atoms with Crippen LogP contribution in [0.25, 0.3) is 17.1 Å². The van der Waals surface area contributed by atoms with Crippen molar-refractivity contribution in [3.05, 3.63) is 52.3 Å². The number of nitrogens with zero attached hydrogens (tertiary/aromatic N) is 4. The zero-order valence-electron chi connectivity index (χ0n) is 10.5. The lowest BCUT2D eigenvalue weighted by Crippen LogP contribution is -2.02. The molecule has 2 aromatic carbocycles. The zero-order valence-corrected chi connectivity index (χ0v) is 12.0. The molecule has 0 fully saturated rings. The molecule has 3 aromatic rings. The third kappa shape index (κ3) is 2.43. The van der Waals surface area contributed by atoms with E-state index in [-0.39, 0.29) is 5.02 Å². The van der Waals surface area contributed by atoms with Gasteiger partial charge in [-0.1, -0.05) is 29.3 Å². The molecule has 3 rings (SSSR count). The highest BCUT2D eigenvalue weighted by Gasteiger charge is 2.17. The molecule has 0 atom stereocenters. The second-order valence-corrected chi connectivity index (χ2v) is 5.03. The van der Waals surface area contributed by atoms with Gasteiger partial charge < -0.3 is 5.73 Å². The first kappa shape index (κ1) is 13.8. The van der Waals surface area contributed by atoms with E-state index in [1.54, 1.807) is 18.2 Å². The summed E-state index contributed by atoms with van der Waals surface area (Å²) < 4.78 is 14.6. The van der Waals surface area contributed by atoms with Gasteiger partial charge in [0.1, 0.15) is 5.82 Å². The average molecular weight is 324 g/mol. The number of nitrogens with two attached hydrogens (primary N) is 1. The molecular weight excluding hydrogens is 316 g/mol. The average Bonchev–Trinajstić information content (AvgIpc) is 2.91. The molecule has 0 aliphatic rings. The van der Waals surface area contributed by atoms with Crippen LogP contribution in [0.15, 0.2) is 36.4 Å². The number of benzene rings is 2. The fraction of sp³-hybridized carbons (Fsp3) is 0. The van der Waals surface area contributed by atoms with Gasteiger partial charge >= 0.3 is 0 Å². The Balaban J connectivity index is 2.20. The first-order valence-electron chi connectivity index (χ1n) is 5.86. The fourth-order valence-corrected chi connectivity index (χ4v) is 2.35. The first-order chi connectivity index (χ1) is 10.1. The van der Waals surface area contributed by atoms with Gasteiger partial charge in [0.15, 0.2) is 5.82 Å². The third-order valence-corrected chi connectivity index (χ3v) is 3.49. The number of tetrazole rings is 1. The number of anilines is 1. The second-order valence-electron chi connectivity index (χ2n) is 4.22. The normalized spacial score (nSPS) is 10.8. The first-order valence-corrected chi connectivity index (χ1v) is 6.61. The van der Waals surface area contributed by atoms with Crippen molar-refractivity contribution in [3.8, 4) is 17.1 Å². The van der Waals surface area contributed by atoms with Crippen molar-refractivity contribution in [1.29, 1.82) is 0 Å². The summed E-state index contributed by atoms with van der Waals surface area (Å²) in [5.74, 6) is -0.173. The summed E-state index contributed by atoms with van der Waals surface area (Å²) in [7, 11) is 0. The molecule has 0 spiro atoms. The SMILES string of the molecule is Nc1cccc(Cl)c1-c1nnnn1-c1ccc(F)c(Cl)c1. The predicted molar refractivity (Wildman–Crippen MR) is 79.0 cm³/mol. The summed E-state index contributed by atoms with van der Waals surface area (Å²) in [5.41, 5.74) is 7.38. The van der Waals surface area contributed by atoms with E-state index in [2.05, 4.69) is 15.5 Å². The van der Waals surface area contributed by atoms with Gasteiger partial charge in [-0.25, -0.2) is 4.39 Å². The lowest BCUT2D eigenvalue weighted by molar-refractivity contribution is 0.627. The molecule has 5 nitrogen and oxygen atoms in total. The van der Waals surface area contributed by atoms with Gasteiger partial charge in [0.05, 0.1) is 21.3 Å². The number of rotatable bonds is 2. The number of halogens is 3. The Labute approximate surface area is 129 Å². The number of hydrogen-bond acceptors (Lipinski definition) is 4. The lowest BCUT2D eigenvalue weighted by Gasteiger charge is -2.09. The van der Waals surface area contributed by atoms with Crippen LogP contribution < -0.4 is 5.73 Å². The van der Waals surface area contributed by atoms with E-state index in [4.69, 9.17) is 28.9 Å². The molecule has 8 heteroatoms. The Morgan fingerprint density at radius 1 is 1.10 bits per heavy atom. The molecule has 0 saturated carbocycles. The highest BCUT2D eigenvalue weighted by Crippen LogP contribution is 2.32. The Morgan fingerprint density at radius 2 is 1.90 bits per heavy atom. The third-order valence-electron chi connectivity index (χ3n) is 2.89. The molecule has 0 aliphatic heterocycles. The minimum absolute atomic E-state index is 0.0268. The molecule has 0 saturated heterocycles. The van der Waals surface area contributed by atoms with Gasteiger partial charge in [0.2, 0.25) is 0 Å². The van der Waals surface area contributed by atoms with E-state index in [9.17, 15) is 4.39 Å². The van der Waals surface area contributed by atoms with Crippen LogP contribution in [0.5, 0.6) is 0 Å². The number of hydrogen-bond donors (Lipinski definition) is 1. The number of aromatic nitrogens is 4. The van der Waals surface area contributed by atoms with E-state index in [1.807, 2.05) is 0 Å². The molecule has 1 heterocycles. The predicted octanol–water partition coefficient (Wildman–Crippen LogP) is 3.36. The van der Waals surface area contributed by atoms with Crippen molar-refractivity contribution >= 4 is 28.9 Å². The van der Waals surface area contributed by atoms with E-state index >= 15 is 0 Å². The van der Waals surface area contributed by atoms with Crippen LogP contribution in [0.4, 0.5) is 10.1 Å². The minimum atomic E-state index is -0.521. The van der Waals surface area contributed by atoms with Crippen LogP contribution in [0.2, 0.25) is 10.0 Å². The smallest absolute Gasteiger partial charge is 0.190 e. The Bertz CT molecular complexity index is 798. The summed E-state index contributed by atoms with van der Waals surface area (Å²) in [6.07, 6.45) is 0. The van der Waals surface area contributed by atoms with Crippen LogP contribution >= 0.6 is 23.2 Å². The van der Waals surface area contributed by atoms with E-state index in [1.165, 1.54) is 22.9 Å². The van der Waals surface area contributed by atoms with Crippen LogP contribution in [0.3, 0.4) is 0 Å². The second kappa shape index (κ2) is 5.31. The van der Waals surface area contributed by atoms with E-state index in [0.29, 0.717) is 27.8 Å². The van der Waals surface area contributed by atoms with Gasteiger partial charge in [-0.15, -0.1) is 5.10 Å². The van der Waals surface area contributed by atoms with Gasteiger partial charge in [-0.05, 0) is 40.8 Å². The molecular formula is C13H8Cl2FN5. The maximum Gasteiger partial charge on any atom is 0.190 e. The van der Waals surface area contributed by atoms with Crippen LogP contribution in [-0.4, -0.2) is 20.2 Å². The van der Waals surface area contributed by atoms with Crippen molar-refractivity contribution in [2.45, 2.75) is 0 Å². The molecule has 0 amide bonds. The molecule has 0 bridgehead atoms. The highest BCUT2D eigenvalue weighted by atomic mass is 35.5. The molecule has 106 valence electrons. The Morgan fingerprint density at radius 3 is 2.62 bits per heavy atom. The Hall–Kier alpha value is -2.18.